The molecule has 0 saturated carbocycles. The molecule has 9 nitrogen and oxygen atoms in total. The van der Waals surface area contributed by atoms with E-state index in [4.69, 9.17) is 10.2 Å². The van der Waals surface area contributed by atoms with E-state index < -0.39 is 23.9 Å². The molecular weight excluding hydrogens is 346 g/mol. The Bertz CT molecular complexity index is 1060. The van der Waals surface area contributed by atoms with E-state index in [2.05, 4.69) is 4.98 Å². The molecule has 130 valence electrons. The quantitative estimate of drug-likeness (QED) is 0.514. The molecule has 3 rings (SSSR count). The van der Waals surface area contributed by atoms with Gasteiger partial charge in [-0.05, 0) is 30.3 Å². The smallest absolute Gasteiger partial charge is 0.336 e. The fourth-order valence-electron chi connectivity index (χ4n) is 2.64. The Kier molecular flexibility index (Phi) is 3.76. The average Bonchev–Trinajstić information content (AvgIpc) is 2.57. The maximum Gasteiger partial charge on any atom is 0.336 e. The van der Waals surface area contributed by atoms with Gasteiger partial charge in [-0.2, -0.15) is 0 Å². The van der Waals surface area contributed by atoms with Crippen LogP contribution in [0.5, 0.6) is 0 Å². The summed E-state index contributed by atoms with van der Waals surface area (Å²) in [5, 5.41) is 37.0. The third-order valence-corrected chi connectivity index (χ3v) is 3.80. The predicted molar refractivity (Wildman–Crippen MR) is 87.1 cm³/mol. The predicted octanol–water partition coefficient (Wildman–Crippen LogP) is 2.18. The number of carboxylic acid groups (broad SMARTS) is 4. The summed E-state index contributed by atoms with van der Waals surface area (Å²) in [6, 6.07) is 5.43. The second kappa shape index (κ2) is 5.81. The molecular formula is C17H9NO8. The van der Waals surface area contributed by atoms with E-state index >= 15 is 0 Å². The van der Waals surface area contributed by atoms with Crippen LogP contribution in [0.3, 0.4) is 0 Å². The fraction of sp³-hybridized carbons (Fsp3) is 0. The highest BCUT2D eigenvalue weighted by atomic mass is 16.4. The maximum atomic E-state index is 11.5. The van der Waals surface area contributed by atoms with E-state index in [0.29, 0.717) is 0 Å². The minimum atomic E-state index is -1.40. The van der Waals surface area contributed by atoms with Gasteiger partial charge < -0.3 is 20.4 Å². The Labute approximate surface area is 143 Å². The first-order chi connectivity index (χ1) is 12.2. The van der Waals surface area contributed by atoms with Crippen molar-refractivity contribution >= 4 is 45.7 Å². The first kappa shape index (κ1) is 16.8. The number of pyridine rings is 1. The number of carbonyl (C=O) groups is 4. The van der Waals surface area contributed by atoms with E-state index in [0.717, 1.165) is 24.3 Å². The molecule has 1 aromatic heterocycles. The van der Waals surface area contributed by atoms with Crippen molar-refractivity contribution < 1.29 is 39.6 Å². The monoisotopic (exact) mass is 355 g/mol. The molecule has 0 bridgehead atoms. The summed E-state index contributed by atoms with van der Waals surface area (Å²) < 4.78 is 0. The summed E-state index contributed by atoms with van der Waals surface area (Å²) in [6.07, 6.45) is 0. The largest absolute Gasteiger partial charge is 0.478 e. The zero-order valence-electron chi connectivity index (χ0n) is 12.8. The van der Waals surface area contributed by atoms with Gasteiger partial charge in [0.25, 0.3) is 0 Å². The lowest BCUT2D eigenvalue weighted by Gasteiger charge is -2.09. The van der Waals surface area contributed by atoms with Gasteiger partial charge in [0.2, 0.25) is 0 Å². The Morgan fingerprint density at radius 2 is 0.962 bits per heavy atom. The van der Waals surface area contributed by atoms with Crippen LogP contribution in [0.1, 0.15) is 41.4 Å². The van der Waals surface area contributed by atoms with Crippen molar-refractivity contribution in [3.63, 3.8) is 0 Å². The highest BCUT2D eigenvalue weighted by Gasteiger charge is 2.19. The molecule has 0 atom stereocenters. The molecule has 4 N–H and O–H groups in total. The highest BCUT2D eigenvalue weighted by molar-refractivity contribution is 6.13. The number of benzene rings is 2. The van der Waals surface area contributed by atoms with Crippen LogP contribution >= 0.6 is 0 Å². The molecule has 9 heteroatoms. The van der Waals surface area contributed by atoms with Crippen molar-refractivity contribution in [1.29, 1.82) is 0 Å². The van der Waals surface area contributed by atoms with Crippen LogP contribution in [-0.2, 0) is 0 Å². The van der Waals surface area contributed by atoms with Crippen molar-refractivity contribution in [3.8, 4) is 0 Å². The van der Waals surface area contributed by atoms with Gasteiger partial charge in [0.15, 0.2) is 0 Å². The second-order valence-corrected chi connectivity index (χ2v) is 5.39. The summed E-state index contributed by atoms with van der Waals surface area (Å²) in [5.74, 6) is -5.53. The number of hydrogen-bond donors (Lipinski definition) is 4. The van der Waals surface area contributed by atoms with Crippen LogP contribution in [-0.4, -0.2) is 49.3 Å². The minimum absolute atomic E-state index is 0.00585. The topological polar surface area (TPSA) is 162 Å². The Morgan fingerprint density at radius 3 is 1.27 bits per heavy atom. The number of aromatic nitrogens is 1. The first-order valence-corrected chi connectivity index (χ1v) is 7.04. The van der Waals surface area contributed by atoms with E-state index in [9.17, 15) is 29.4 Å². The van der Waals surface area contributed by atoms with Crippen LogP contribution in [0.4, 0.5) is 0 Å². The molecule has 0 fully saturated rings. The number of carboxylic acids is 4. The Morgan fingerprint density at radius 1 is 0.577 bits per heavy atom. The minimum Gasteiger partial charge on any atom is -0.478 e. The Hall–Kier alpha value is -4.01. The number of fused-ring (bicyclic) bond motifs is 2. The Balaban J connectivity index is 2.51. The first-order valence-electron chi connectivity index (χ1n) is 7.04. The van der Waals surface area contributed by atoms with Crippen molar-refractivity contribution in [2.75, 3.05) is 0 Å². The lowest BCUT2D eigenvalue weighted by Crippen LogP contribution is -2.06. The maximum absolute atomic E-state index is 11.5. The van der Waals surface area contributed by atoms with Gasteiger partial charge >= 0.3 is 23.9 Å². The summed E-state index contributed by atoms with van der Waals surface area (Å²) >= 11 is 0. The van der Waals surface area contributed by atoms with Crippen molar-refractivity contribution in [1.82, 2.24) is 4.98 Å². The molecule has 0 spiro atoms. The number of rotatable bonds is 4. The zero-order valence-corrected chi connectivity index (χ0v) is 12.8. The summed E-state index contributed by atoms with van der Waals surface area (Å²) in [4.78, 5) is 49.4. The summed E-state index contributed by atoms with van der Waals surface area (Å²) in [6.45, 7) is 0. The van der Waals surface area contributed by atoms with Gasteiger partial charge in [0.05, 0.1) is 33.3 Å². The summed E-state index contributed by atoms with van der Waals surface area (Å²) in [5.41, 5.74) is -1.34. The second-order valence-electron chi connectivity index (χ2n) is 5.39. The van der Waals surface area contributed by atoms with Crippen LogP contribution in [0.25, 0.3) is 21.8 Å². The number of aromatic carboxylic acids is 4. The molecule has 0 saturated heterocycles. The summed E-state index contributed by atoms with van der Waals surface area (Å²) in [7, 11) is 0. The highest BCUT2D eigenvalue weighted by Crippen LogP contribution is 2.28. The van der Waals surface area contributed by atoms with E-state index in [1.807, 2.05) is 0 Å². The standard InChI is InChI=1S/C17H9NO8/c19-14(20)6-1-10(16(23)24)8-5-9-11(17(25)26)2-7(15(21)22)4-13(9)18-12(8)3-6/h1-5H,(H,19,20)(H,21,22)(H,23,24)(H,25,26). The molecule has 26 heavy (non-hydrogen) atoms. The average molecular weight is 355 g/mol. The van der Waals surface area contributed by atoms with Crippen LogP contribution in [0, 0.1) is 0 Å². The van der Waals surface area contributed by atoms with Crippen molar-refractivity contribution in [2.45, 2.75) is 0 Å². The van der Waals surface area contributed by atoms with Gasteiger partial charge in [-0.25, -0.2) is 24.2 Å². The van der Waals surface area contributed by atoms with E-state index in [1.165, 1.54) is 6.07 Å². The lowest BCUT2D eigenvalue weighted by molar-refractivity contribution is 0.0678. The zero-order chi connectivity index (χ0) is 19.2. The van der Waals surface area contributed by atoms with Crippen LogP contribution in [0.2, 0.25) is 0 Å². The van der Waals surface area contributed by atoms with E-state index in [-0.39, 0.29) is 44.1 Å². The van der Waals surface area contributed by atoms with Gasteiger partial charge in [0, 0.05) is 10.8 Å². The molecule has 0 amide bonds. The molecule has 0 radical (unpaired) electrons. The van der Waals surface area contributed by atoms with Crippen LogP contribution in [0.15, 0.2) is 30.3 Å². The van der Waals surface area contributed by atoms with E-state index in [1.54, 1.807) is 0 Å². The van der Waals surface area contributed by atoms with Gasteiger partial charge in [-0.1, -0.05) is 0 Å². The molecule has 0 aliphatic heterocycles. The molecule has 0 aliphatic carbocycles. The molecule has 3 aromatic rings. The molecule has 1 heterocycles. The number of nitrogens with zero attached hydrogens (tertiary/aromatic N) is 1. The molecule has 0 unspecified atom stereocenters. The van der Waals surface area contributed by atoms with Gasteiger partial charge in [0.1, 0.15) is 0 Å². The van der Waals surface area contributed by atoms with Gasteiger partial charge in [-0.15, -0.1) is 0 Å². The SMILES string of the molecule is O=C(O)c1cc(C(=O)O)c2cc3c(C(=O)O)cc(C(=O)O)cc3nc2c1. The normalized spacial score (nSPS) is 10.8. The van der Waals surface area contributed by atoms with Crippen molar-refractivity contribution in [3.05, 3.63) is 52.6 Å². The fourth-order valence-corrected chi connectivity index (χ4v) is 2.64. The van der Waals surface area contributed by atoms with Crippen LogP contribution < -0.4 is 0 Å². The van der Waals surface area contributed by atoms with Gasteiger partial charge in [-0.3, -0.25) is 0 Å². The van der Waals surface area contributed by atoms with Crippen molar-refractivity contribution in [2.24, 2.45) is 0 Å². The molecule has 2 aromatic carbocycles. The lowest BCUT2D eigenvalue weighted by atomic mass is 9.98. The number of hydrogen-bond acceptors (Lipinski definition) is 5. The molecule has 0 aliphatic rings. The third-order valence-electron chi connectivity index (χ3n) is 3.80. The third kappa shape index (κ3) is 2.67.